The van der Waals surface area contributed by atoms with E-state index in [1.807, 2.05) is 19.9 Å². The van der Waals surface area contributed by atoms with Crippen molar-refractivity contribution >= 4 is 5.91 Å². The van der Waals surface area contributed by atoms with Crippen molar-refractivity contribution in [2.24, 2.45) is 11.1 Å². The van der Waals surface area contributed by atoms with Crippen LogP contribution in [-0.2, 0) is 9.53 Å². The third-order valence-corrected chi connectivity index (χ3v) is 3.35. The average molecular weight is 238 g/mol. The highest BCUT2D eigenvalue weighted by Crippen LogP contribution is 2.28. The molecule has 0 spiro atoms. The van der Waals surface area contributed by atoms with E-state index in [9.17, 15) is 4.79 Å². The van der Waals surface area contributed by atoms with E-state index in [0.29, 0.717) is 13.2 Å². The van der Waals surface area contributed by atoms with E-state index in [-0.39, 0.29) is 18.0 Å². The fourth-order valence-electron chi connectivity index (χ4n) is 1.89. The van der Waals surface area contributed by atoms with Gasteiger partial charge in [-0.2, -0.15) is 0 Å². The van der Waals surface area contributed by atoms with Crippen molar-refractivity contribution in [3.63, 3.8) is 0 Å². The second-order valence-electron chi connectivity index (χ2n) is 4.75. The lowest BCUT2D eigenvalue weighted by Crippen LogP contribution is -2.50. The zero-order valence-corrected chi connectivity index (χ0v) is 10.1. The third kappa shape index (κ3) is 2.21. The third-order valence-electron chi connectivity index (χ3n) is 3.35. The Morgan fingerprint density at radius 3 is 3.00 bits per heavy atom. The van der Waals surface area contributed by atoms with E-state index < -0.39 is 5.41 Å². The molecule has 5 nitrogen and oxygen atoms in total. The minimum atomic E-state index is -0.652. The molecule has 1 aromatic rings. The number of furan rings is 1. The number of nitrogens with two attached hydrogens (primary N) is 1. The molecule has 0 aromatic carbocycles. The molecular formula is C12H18N2O3. The minimum Gasteiger partial charge on any atom is -0.467 e. The van der Waals surface area contributed by atoms with Crippen molar-refractivity contribution in [3.05, 3.63) is 24.2 Å². The van der Waals surface area contributed by atoms with E-state index in [2.05, 4.69) is 5.32 Å². The molecule has 1 aliphatic heterocycles. The molecule has 3 atom stereocenters. The van der Waals surface area contributed by atoms with Gasteiger partial charge < -0.3 is 20.2 Å². The predicted octanol–water partition coefficient (Wildman–Crippen LogP) is 0.821. The summed E-state index contributed by atoms with van der Waals surface area (Å²) in [7, 11) is 0. The summed E-state index contributed by atoms with van der Waals surface area (Å²) in [5.41, 5.74) is 5.25. The molecule has 2 heterocycles. The Morgan fingerprint density at radius 1 is 1.71 bits per heavy atom. The highest BCUT2D eigenvalue weighted by molar-refractivity contribution is 5.83. The molecule has 1 aliphatic rings. The van der Waals surface area contributed by atoms with Gasteiger partial charge in [-0.05, 0) is 26.0 Å². The van der Waals surface area contributed by atoms with Crippen LogP contribution in [0.5, 0.6) is 0 Å². The summed E-state index contributed by atoms with van der Waals surface area (Å²) in [5.74, 6) is 0.640. The molecule has 1 aromatic heterocycles. The zero-order chi connectivity index (χ0) is 12.5. The Bertz CT molecular complexity index is 390. The van der Waals surface area contributed by atoms with Crippen LogP contribution in [0.15, 0.2) is 22.8 Å². The van der Waals surface area contributed by atoms with Gasteiger partial charge in [0.2, 0.25) is 5.91 Å². The maximum atomic E-state index is 12.2. The van der Waals surface area contributed by atoms with Crippen LogP contribution >= 0.6 is 0 Å². The fourth-order valence-corrected chi connectivity index (χ4v) is 1.89. The van der Waals surface area contributed by atoms with Crippen LogP contribution < -0.4 is 11.1 Å². The Morgan fingerprint density at radius 2 is 2.47 bits per heavy atom. The smallest absolute Gasteiger partial charge is 0.230 e. The molecule has 0 aliphatic carbocycles. The summed E-state index contributed by atoms with van der Waals surface area (Å²) >= 11 is 0. The first-order chi connectivity index (χ1) is 8.04. The molecule has 94 valence electrons. The van der Waals surface area contributed by atoms with Crippen LogP contribution in [0.2, 0.25) is 0 Å². The lowest BCUT2D eigenvalue weighted by atomic mass is 9.84. The fraction of sp³-hybridized carbons (Fsp3) is 0.583. The number of carbonyl (C=O) groups excluding carboxylic acids is 1. The summed E-state index contributed by atoms with van der Waals surface area (Å²) in [5, 5.41) is 2.90. The maximum Gasteiger partial charge on any atom is 0.230 e. The van der Waals surface area contributed by atoms with E-state index in [4.69, 9.17) is 14.9 Å². The SMILES string of the molecule is CC(NC(=O)C1(C)COCC1N)c1ccco1. The van der Waals surface area contributed by atoms with Crippen LogP contribution in [0.1, 0.15) is 25.6 Å². The monoisotopic (exact) mass is 238 g/mol. The van der Waals surface area contributed by atoms with Crippen molar-refractivity contribution in [1.29, 1.82) is 0 Å². The number of hydrogen-bond donors (Lipinski definition) is 2. The number of nitrogens with one attached hydrogen (secondary N) is 1. The van der Waals surface area contributed by atoms with Crippen LogP contribution in [0.3, 0.4) is 0 Å². The first kappa shape index (κ1) is 12.1. The number of amides is 1. The van der Waals surface area contributed by atoms with Gasteiger partial charge in [0.25, 0.3) is 0 Å². The molecule has 3 N–H and O–H groups in total. The Balaban J connectivity index is 2.02. The molecule has 3 unspecified atom stereocenters. The van der Waals surface area contributed by atoms with Gasteiger partial charge in [-0.25, -0.2) is 0 Å². The zero-order valence-electron chi connectivity index (χ0n) is 10.1. The Hall–Kier alpha value is -1.33. The standard InChI is InChI=1S/C12H18N2O3/c1-8(9-4-3-5-17-9)14-11(15)12(2)7-16-6-10(12)13/h3-5,8,10H,6-7,13H2,1-2H3,(H,14,15). The first-order valence-corrected chi connectivity index (χ1v) is 5.72. The molecule has 0 bridgehead atoms. The van der Waals surface area contributed by atoms with Gasteiger partial charge in [0.1, 0.15) is 5.76 Å². The Labute approximate surface area is 100 Å². The molecular weight excluding hydrogens is 220 g/mol. The summed E-state index contributed by atoms with van der Waals surface area (Å²) < 4.78 is 10.5. The molecule has 1 fully saturated rings. The number of rotatable bonds is 3. The van der Waals surface area contributed by atoms with Gasteiger partial charge in [0.15, 0.2) is 0 Å². The summed E-state index contributed by atoms with van der Waals surface area (Å²) in [4.78, 5) is 12.2. The molecule has 1 amide bonds. The van der Waals surface area contributed by atoms with Crippen molar-refractivity contribution in [2.45, 2.75) is 25.9 Å². The van der Waals surface area contributed by atoms with Crippen LogP contribution in [-0.4, -0.2) is 25.2 Å². The highest BCUT2D eigenvalue weighted by atomic mass is 16.5. The first-order valence-electron chi connectivity index (χ1n) is 5.72. The predicted molar refractivity (Wildman–Crippen MR) is 62.2 cm³/mol. The van der Waals surface area contributed by atoms with Crippen molar-refractivity contribution in [3.8, 4) is 0 Å². The van der Waals surface area contributed by atoms with E-state index in [1.54, 1.807) is 12.3 Å². The van der Waals surface area contributed by atoms with Crippen molar-refractivity contribution in [1.82, 2.24) is 5.32 Å². The lowest BCUT2D eigenvalue weighted by Gasteiger charge is -2.27. The lowest BCUT2D eigenvalue weighted by molar-refractivity contribution is -0.131. The second kappa shape index (κ2) is 4.50. The summed E-state index contributed by atoms with van der Waals surface area (Å²) in [6, 6.07) is 3.20. The largest absolute Gasteiger partial charge is 0.467 e. The van der Waals surface area contributed by atoms with Crippen molar-refractivity contribution in [2.75, 3.05) is 13.2 Å². The summed E-state index contributed by atoms with van der Waals surface area (Å²) in [6.45, 7) is 4.50. The van der Waals surface area contributed by atoms with Gasteiger partial charge in [-0.3, -0.25) is 4.79 Å². The molecule has 0 saturated carbocycles. The minimum absolute atomic E-state index is 0.0913. The van der Waals surface area contributed by atoms with Gasteiger partial charge in [0.05, 0.1) is 30.9 Å². The average Bonchev–Trinajstić information content (AvgIpc) is 2.90. The topological polar surface area (TPSA) is 77.5 Å². The van der Waals surface area contributed by atoms with E-state index in [1.165, 1.54) is 0 Å². The molecule has 0 radical (unpaired) electrons. The van der Waals surface area contributed by atoms with Gasteiger partial charge in [-0.1, -0.05) is 0 Å². The van der Waals surface area contributed by atoms with Gasteiger partial charge >= 0.3 is 0 Å². The normalized spacial score (nSPS) is 30.2. The van der Waals surface area contributed by atoms with Crippen LogP contribution in [0, 0.1) is 5.41 Å². The quantitative estimate of drug-likeness (QED) is 0.817. The number of hydrogen-bond acceptors (Lipinski definition) is 4. The second-order valence-corrected chi connectivity index (χ2v) is 4.75. The number of ether oxygens (including phenoxy) is 1. The highest BCUT2D eigenvalue weighted by Gasteiger charge is 2.44. The molecule has 1 saturated heterocycles. The van der Waals surface area contributed by atoms with Crippen LogP contribution in [0.25, 0.3) is 0 Å². The summed E-state index contributed by atoms with van der Waals surface area (Å²) in [6.07, 6.45) is 1.59. The Kier molecular flexibility index (Phi) is 3.22. The number of carbonyl (C=O) groups is 1. The molecule has 2 rings (SSSR count). The maximum absolute atomic E-state index is 12.2. The van der Waals surface area contributed by atoms with Gasteiger partial charge in [-0.15, -0.1) is 0 Å². The van der Waals surface area contributed by atoms with E-state index in [0.717, 1.165) is 5.76 Å². The van der Waals surface area contributed by atoms with E-state index >= 15 is 0 Å². The molecule has 5 heteroatoms. The van der Waals surface area contributed by atoms with Crippen LogP contribution in [0.4, 0.5) is 0 Å². The van der Waals surface area contributed by atoms with Crippen molar-refractivity contribution < 1.29 is 13.9 Å². The van der Waals surface area contributed by atoms with Gasteiger partial charge in [0, 0.05) is 6.04 Å². The molecule has 17 heavy (non-hydrogen) atoms.